The van der Waals surface area contributed by atoms with Crippen LogP contribution in [0.15, 0.2) is 34.9 Å². The summed E-state index contributed by atoms with van der Waals surface area (Å²) in [4.78, 5) is 12.2. The van der Waals surface area contributed by atoms with E-state index in [0.29, 0.717) is 21.9 Å². The van der Waals surface area contributed by atoms with Gasteiger partial charge in [0.15, 0.2) is 0 Å². The van der Waals surface area contributed by atoms with Crippen LogP contribution in [0.5, 0.6) is 5.75 Å². The van der Waals surface area contributed by atoms with Crippen molar-refractivity contribution >= 4 is 17.7 Å². The maximum atomic E-state index is 12.2. The van der Waals surface area contributed by atoms with Crippen molar-refractivity contribution in [2.24, 2.45) is 5.92 Å². The van der Waals surface area contributed by atoms with Gasteiger partial charge in [0.25, 0.3) is 0 Å². The molecule has 1 aliphatic heterocycles. The van der Waals surface area contributed by atoms with Crippen LogP contribution in [0.4, 0.5) is 0 Å². The lowest BCUT2D eigenvalue weighted by Crippen LogP contribution is -2.39. The molecule has 1 heterocycles. The number of nitriles is 2. The zero-order valence-corrected chi connectivity index (χ0v) is 13.1. The van der Waals surface area contributed by atoms with Crippen LogP contribution < -0.4 is 10.1 Å². The molecular formula is C16H15N3O2S. The molecule has 0 bridgehead atoms. The van der Waals surface area contributed by atoms with Gasteiger partial charge >= 0.3 is 0 Å². The first kappa shape index (κ1) is 15.9. The molecule has 5 nitrogen and oxygen atoms in total. The minimum atomic E-state index is -0.952. The Bertz CT molecular complexity index is 700. The molecule has 2 atom stereocenters. The Morgan fingerprint density at radius 1 is 1.36 bits per heavy atom. The molecule has 1 aliphatic rings. The van der Waals surface area contributed by atoms with E-state index in [4.69, 9.17) is 4.74 Å². The molecular weight excluding hydrogens is 298 g/mol. The molecule has 0 aromatic heterocycles. The number of thioether (sulfide) groups is 1. The summed E-state index contributed by atoms with van der Waals surface area (Å²) in [5.41, 5.74) is 1.08. The van der Waals surface area contributed by atoms with Crippen LogP contribution in [0.1, 0.15) is 18.4 Å². The minimum absolute atomic E-state index is 0.381. The van der Waals surface area contributed by atoms with E-state index in [9.17, 15) is 15.3 Å². The molecule has 1 amide bonds. The summed E-state index contributed by atoms with van der Waals surface area (Å²) in [6, 6.07) is 11.3. The first-order valence-corrected chi connectivity index (χ1v) is 7.76. The fourth-order valence-electron chi connectivity index (χ4n) is 2.49. The molecule has 6 heteroatoms. The maximum absolute atomic E-state index is 12.2. The van der Waals surface area contributed by atoms with Crippen molar-refractivity contribution in [3.05, 3.63) is 40.4 Å². The number of methoxy groups -OCH3 is 1. The second-order valence-corrected chi connectivity index (χ2v) is 5.88. The average Bonchev–Trinajstić information content (AvgIpc) is 2.54. The normalized spacial score (nSPS) is 20.8. The van der Waals surface area contributed by atoms with Gasteiger partial charge in [-0.15, -0.1) is 11.8 Å². The Morgan fingerprint density at radius 2 is 2.09 bits per heavy atom. The third-order valence-electron chi connectivity index (χ3n) is 3.43. The molecule has 0 fully saturated rings. The highest BCUT2D eigenvalue weighted by Gasteiger charge is 2.40. The van der Waals surface area contributed by atoms with Crippen molar-refractivity contribution in [3.63, 3.8) is 0 Å². The van der Waals surface area contributed by atoms with Crippen LogP contribution in [0.2, 0.25) is 0 Å². The van der Waals surface area contributed by atoms with E-state index in [1.807, 2.05) is 19.1 Å². The molecule has 1 N–H and O–H groups in total. The minimum Gasteiger partial charge on any atom is -0.496 e. The first-order chi connectivity index (χ1) is 10.7. The Kier molecular flexibility index (Phi) is 5.08. The van der Waals surface area contributed by atoms with Gasteiger partial charge in [0.1, 0.15) is 11.7 Å². The van der Waals surface area contributed by atoms with Gasteiger partial charge in [-0.05, 0) is 11.8 Å². The Morgan fingerprint density at radius 3 is 2.68 bits per heavy atom. The highest BCUT2D eigenvalue weighted by atomic mass is 32.2. The summed E-state index contributed by atoms with van der Waals surface area (Å²) in [7, 11) is 1.53. The van der Waals surface area contributed by atoms with Gasteiger partial charge in [-0.25, -0.2) is 0 Å². The number of rotatable bonds is 4. The number of benzene rings is 1. The lowest BCUT2D eigenvalue weighted by Gasteiger charge is -2.29. The van der Waals surface area contributed by atoms with Crippen molar-refractivity contribution in [2.75, 3.05) is 12.9 Å². The monoisotopic (exact) mass is 313 g/mol. The van der Waals surface area contributed by atoms with Gasteiger partial charge < -0.3 is 10.1 Å². The zero-order chi connectivity index (χ0) is 16.1. The molecule has 1 aromatic rings. The number of nitrogens with one attached hydrogen (secondary N) is 1. The molecule has 112 valence electrons. The lowest BCUT2D eigenvalue weighted by molar-refractivity contribution is -0.123. The number of carbonyl (C=O) groups is 1. The number of hydrogen-bond donors (Lipinski definition) is 1. The van der Waals surface area contributed by atoms with Crippen molar-refractivity contribution in [1.82, 2.24) is 5.32 Å². The molecule has 1 aromatic carbocycles. The Labute approximate surface area is 133 Å². The van der Waals surface area contributed by atoms with Gasteiger partial charge in [-0.2, -0.15) is 10.5 Å². The van der Waals surface area contributed by atoms with E-state index in [1.54, 1.807) is 18.2 Å². The average molecular weight is 313 g/mol. The summed E-state index contributed by atoms with van der Waals surface area (Å²) in [5.74, 6) is -0.665. The summed E-state index contributed by atoms with van der Waals surface area (Å²) in [5, 5.41) is 22.2. The van der Waals surface area contributed by atoms with E-state index < -0.39 is 11.8 Å². The van der Waals surface area contributed by atoms with Crippen molar-refractivity contribution < 1.29 is 9.53 Å². The van der Waals surface area contributed by atoms with Crippen LogP contribution in [0.3, 0.4) is 0 Å². The smallest absolute Gasteiger partial charge is 0.243 e. The van der Waals surface area contributed by atoms with E-state index in [-0.39, 0.29) is 5.91 Å². The molecule has 0 aliphatic carbocycles. The quantitative estimate of drug-likeness (QED) is 0.923. The number of ether oxygens (including phenoxy) is 1. The molecule has 0 saturated heterocycles. The van der Waals surface area contributed by atoms with E-state index >= 15 is 0 Å². The number of para-hydroxylation sites is 1. The predicted molar refractivity (Wildman–Crippen MR) is 83.8 cm³/mol. The van der Waals surface area contributed by atoms with E-state index in [1.165, 1.54) is 18.9 Å². The van der Waals surface area contributed by atoms with Gasteiger partial charge in [0.2, 0.25) is 5.91 Å². The van der Waals surface area contributed by atoms with Crippen LogP contribution in [-0.2, 0) is 4.79 Å². The Hall–Kier alpha value is -2.44. The van der Waals surface area contributed by atoms with Crippen LogP contribution in [0.25, 0.3) is 0 Å². The highest BCUT2D eigenvalue weighted by molar-refractivity contribution is 8.03. The second-order valence-electron chi connectivity index (χ2n) is 4.60. The van der Waals surface area contributed by atoms with Gasteiger partial charge in [-0.1, -0.05) is 25.1 Å². The number of amides is 1. The predicted octanol–water partition coefficient (Wildman–Crippen LogP) is 2.54. The molecule has 0 saturated carbocycles. The van der Waals surface area contributed by atoms with Crippen LogP contribution >= 0.6 is 11.8 Å². The summed E-state index contributed by atoms with van der Waals surface area (Å²) in [6.07, 6.45) is 0. The summed E-state index contributed by atoms with van der Waals surface area (Å²) >= 11 is 1.39. The van der Waals surface area contributed by atoms with E-state index in [2.05, 4.69) is 11.4 Å². The summed E-state index contributed by atoms with van der Waals surface area (Å²) < 4.78 is 5.33. The molecule has 0 unspecified atom stereocenters. The Balaban J connectivity index is 2.66. The lowest BCUT2D eigenvalue weighted by atomic mass is 9.79. The molecule has 2 rings (SSSR count). The van der Waals surface area contributed by atoms with Gasteiger partial charge in [-0.3, -0.25) is 4.79 Å². The van der Waals surface area contributed by atoms with Crippen molar-refractivity contribution in [1.29, 1.82) is 10.5 Å². The number of carbonyl (C=O) groups excluding carboxylic acids is 1. The zero-order valence-electron chi connectivity index (χ0n) is 12.3. The molecule has 0 spiro atoms. The summed E-state index contributed by atoms with van der Waals surface area (Å²) in [6.45, 7) is 1.94. The highest BCUT2D eigenvalue weighted by Crippen LogP contribution is 2.42. The number of nitrogens with zero attached hydrogens (tertiary/aromatic N) is 2. The third kappa shape index (κ3) is 2.79. The molecule has 0 radical (unpaired) electrons. The van der Waals surface area contributed by atoms with Crippen LogP contribution in [-0.4, -0.2) is 18.8 Å². The van der Waals surface area contributed by atoms with Gasteiger partial charge in [0.05, 0.1) is 35.8 Å². The van der Waals surface area contributed by atoms with Gasteiger partial charge in [0, 0.05) is 5.56 Å². The van der Waals surface area contributed by atoms with E-state index in [0.717, 1.165) is 5.75 Å². The molecule has 22 heavy (non-hydrogen) atoms. The number of allylic oxidation sites excluding steroid dienone is 1. The topological polar surface area (TPSA) is 85.9 Å². The third-order valence-corrected chi connectivity index (χ3v) is 4.33. The van der Waals surface area contributed by atoms with Crippen molar-refractivity contribution in [3.8, 4) is 17.9 Å². The van der Waals surface area contributed by atoms with Crippen LogP contribution in [0, 0.1) is 28.6 Å². The standard InChI is InChI=1S/C16H15N3O2S/c1-3-22-16-12(9-18)14(11(8-17)15(20)19-16)10-6-4-5-7-13(10)21-2/h4-7,11,14H,3H2,1-2H3,(H,19,20)/t11-,14+/m0/s1. The fourth-order valence-corrected chi connectivity index (χ4v) is 3.28. The SMILES string of the molecule is CCSC1=C(C#N)[C@H](c2ccccc2OC)[C@H](C#N)C(=O)N1. The maximum Gasteiger partial charge on any atom is 0.243 e. The largest absolute Gasteiger partial charge is 0.496 e. The number of hydrogen-bond acceptors (Lipinski definition) is 5. The van der Waals surface area contributed by atoms with Crippen molar-refractivity contribution in [2.45, 2.75) is 12.8 Å². The fraction of sp³-hybridized carbons (Fsp3) is 0.312. The first-order valence-electron chi connectivity index (χ1n) is 6.78. The second kappa shape index (κ2) is 7.02.